The minimum absolute atomic E-state index is 0.141. The third-order valence-corrected chi connectivity index (χ3v) is 4.38. The summed E-state index contributed by atoms with van der Waals surface area (Å²) in [5.74, 6) is 0.141. The van der Waals surface area contributed by atoms with Crippen molar-refractivity contribution in [1.29, 1.82) is 0 Å². The Hall–Kier alpha value is -1.62. The molecule has 20 heavy (non-hydrogen) atoms. The Morgan fingerprint density at radius 3 is 2.95 bits per heavy atom. The summed E-state index contributed by atoms with van der Waals surface area (Å²) in [5.41, 5.74) is -0.284. The van der Waals surface area contributed by atoms with E-state index >= 15 is 0 Å². The molecule has 1 aromatic rings. The molecule has 0 saturated carbocycles. The molecule has 2 N–H and O–H groups in total. The van der Waals surface area contributed by atoms with Crippen molar-refractivity contribution in [2.45, 2.75) is 38.2 Å². The van der Waals surface area contributed by atoms with E-state index in [-0.39, 0.29) is 11.3 Å². The molecular weight excluding hydrogens is 254 g/mol. The van der Waals surface area contributed by atoms with Crippen LogP contribution in [-0.4, -0.2) is 44.8 Å². The minimum Gasteiger partial charge on any atom is -0.386 e. The Balaban J connectivity index is 1.60. The zero-order valence-corrected chi connectivity index (χ0v) is 11.8. The summed E-state index contributed by atoms with van der Waals surface area (Å²) >= 11 is 0. The predicted octanol–water partition coefficient (Wildman–Crippen LogP) is 1.27. The summed E-state index contributed by atoms with van der Waals surface area (Å²) in [6.07, 6.45) is 9.34. The fraction of sp³-hybridized carbons (Fsp3) is 0.600. The summed E-state index contributed by atoms with van der Waals surface area (Å²) in [7, 11) is 0. The third-order valence-electron chi connectivity index (χ3n) is 4.38. The molecule has 0 spiro atoms. The van der Waals surface area contributed by atoms with Gasteiger partial charge in [0.05, 0.1) is 18.5 Å². The van der Waals surface area contributed by atoms with Gasteiger partial charge in [0.1, 0.15) is 5.60 Å². The average Bonchev–Trinajstić information content (AvgIpc) is 2.88. The summed E-state index contributed by atoms with van der Waals surface area (Å²) in [6, 6.07) is 1.85. The van der Waals surface area contributed by atoms with E-state index in [4.69, 9.17) is 0 Å². The van der Waals surface area contributed by atoms with E-state index in [0.717, 1.165) is 25.0 Å². The monoisotopic (exact) mass is 275 g/mol. The Morgan fingerprint density at radius 1 is 1.55 bits per heavy atom. The van der Waals surface area contributed by atoms with Gasteiger partial charge in [-0.2, -0.15) is 5.10 Å². The molecule has 2 aliphatic rings. The molecule has 5 nitrogen and oxygen atoms in total. The van der Waals surface area contributed by atoms with E-state index in [0.29, 0.717) is 19.5 Å². The average molecular weight is 275 g/mol. The number of carbonyl (C=O) groups is 1. The van der Waals surface area contributed by atoms with Crippen LogP contribution in [0, 0.1) is 5.41 Å². The number of allylic oxidation sites excluding steroid dienone is 1. The number of rotatable bonds is 3. The number of likely N-dealkylation sites (tertiary alicyclic amines) is 1. The molecule has 1 amide bonds. The first kappa shape index (κ1) is 13.4. The number of hydrogen-bond donors (Lipinski definition) is 2. The zero-order chi connectivity index (χ0) is 14.2. The quantitative estimate of drug-likeness (QED) is 0.816. The number of aliphatic hydroxyl groups is 1. The van der Waals surface area contributed by atoms with E-state index in [9.17, 15) is 9.90 Å². The van der Waals surface area contributed by atoms with Gasteiger partial charge in [0.25, 0.3) is 0 Å². The van der Waals surface area contributed by atoms with Crippen molar-refractivity contribution in [1.82, 2.24) is 15.1 Å². The van der Waals surface area contributed by atoms with Crippen LogP contribution in [0.25, 0.3) is 0 Å². The van der Waals surface area contributed by atoms with Crippen molar-refractivity contribution in [2.24, 2.45) is 5.41 Å². The third kappa shape index (κ3) is 2.38. The molecule has 1 aliphatic heterocycles. The van der Waals surface area contributed by atoms with Crippen LogP contribution in [0.3, 0.4) is 0 Å². The van der Waals surface area contributed by atoms with E-state index in [2.05, 4.69) is 16.3 Å². The molecule has 5 heteroatoms. The maximum absolute atomic E-state index is 12.5. The number of H-pyrrole nitrogens is 1. The number of aromatic nitrogens is 2. The van der Waals surface area contributed by atoms with Gasteiger partial charge < -0.3 is 10.0 Å². The van der Waals surface area contributed by atoms with Gasteiger partial charge in [-0.05, 0) is 32.3 Å². The van der Waals surface area contributed by atoms with E-state index < -0.39 is 5.60 Å². The van der Waals surface area contributed by atoms with Gasteiger partial charge in [0.2, 0.25) is 5.91 Å². The topological polar surface area (TPSA) is 69.2 Å². The molecule has 1 fully saturated rings. The number of nitrogens with one attached hydrogen (secondary N) is 1. The fourth-order valence-electron chi connectivity index (χ4n) is 3.21. The van der Waals surface area contributed by atoms with Gasteiger partial charge in [-0.25, -0.2) is 0 Å². The minimum atomic E-state index is -0.809. The summed E-state index contributed by atoms with van der Waals surface area (Å²) in [5, 5.41) is 17.2. The smallest absolute Gasteiger partial charge is 0.232 e. The molecule has 1 aliphatic carbocycles. The summed E-state index contributed by atoms with van der Waals surface area (Å²) in [4.78, 5) is 14.3. The lowest BCUT2D eigenvalue weighted by molar-refractivity contribution is -0.163. The van der Waals surface area contributed by atoms with Crippen LogP contribution in [0.4, 0.5) is 0 Å². The Morgan fingerprint density at radius 2 is 2.35 bits per heavy atom. The number of hydrogen-bond acceptors (Lipinski definition) is 3. The summed E-state index contributed by atoms with van der Waals surface area (Å²) < 4.78 is 0. The van der Waals surface area contributed by atoms with Gasteiger partial charge in [0, 0.05) is 18.3 Å². The van der Waals surface area contributed by atoms with Gasteiger partial charge in [0.15, 0.2) is 0 Å². The Bertz CT molecular complexity index is 517. The normalized spacial score (nSPS) is 28.2. The second-order valence-electron chi connectivity index (χ2n) is 6.36. The van der Waals surface area contributed by atoms with Crippen LogP contribution in [0.2, 0.25) is 0 Å². The van der Waals surface area contributed by atoms with Crippen LogP contribution in [0.5, 0.6) is 0 Å². The maximum atomic E-state index is 12.5. The van der Waals surface area contributed by atoms with E-state index in [1.54, 1.807) is 11.1 Å². The molecule has 1 atom stereocenters. The van der Waals surface area contributed by atoms with Gasteiger partial charge in [-0.1, -0.05) is 12.2 Å². The molecule has 1 unspecified atom stereocenters. The van der Waals surface area contributed by atoms with Crippen molar-refractivity contribution in [3.05, 3.63) is 30.1 Å². The molecule has 0 bridgehead atoms. The number of amides is 1. The number of nitrogens with zero attached hydrogens (tertiary/aromatic N) is 2. The van der Waals surface area contributed by atoms with Crippen LogP contribution in [-0.2, 0) is 11.2 Å². The lowest BCUT2D eigenvalue weighted by Gasteiger charge is -2.49. The highest BCUT2D eigenvalue weighted by Crippen LogP contribution is 2.36. The van der Waals surface area contributed by atoms with Crippen LogP contribution < -0.4 is 0 Å². The molecule has 0 aromatic carbocycles. The number of aromatic amines is 1. The first-order valence-corrected chi connectivity index (χ1v) is 7.19. The van der Waals surface area contributed by atoms with Crippen molar-refractivity contribution >= 4 is 5.91 Å². The summed E-state index contributed by atoms with van der Waals surface area (Å²) in [6.45, 7) is 2.82. The highest BCUT2D eigenvalue weighted by atomic mass is 16.3. The molecule has 1 aromatic heterocycles. The lowest BCUT2D eigenvalue weighted by atomic mass is 9.77. The maximum Gasteiger partial charge on any atom is 0.232 e. The van der Waals surface area contributed by atoms with Crippen molar-refractivity contribution in [3.63, 3.8) is 0 Å². The van der Waals surface area contributed by atoms with Gasteiger partial charge >= 0.3 is 0 Å². The molecule has 2 heterocycles. The SMILES string of the molecule is CC1(C(=O)N2CC(O)(Cc3ccn[nH]3)C2)C=CCCC1. The molecule has 0 radical (unpaired) electrons. The van der Waals surface area contributed by atoms with Crippen LogP contribution in [0.1, 0.15) is 31.9 Å². The Labute approximate surface area is 118 Å². The highest BCUT2D eigenvalue weighted by Gasteiger charge is 2.47. The van der Waals surface area contributed by atoms with Gasteiger partial charge in [-0.3, -0.25) is 9.89 Å². The standard InChI is InChI=1S/C15H21N3O2/c1-14(6-3-2-4-7-14)13(19)18-10-15(20,11-18)9-12-5-8-16-17-12/h3,5-6,8,20H,2,4,7,9-11H2,1H3,(H,16,17). The Kier molecular flexibility index (Phi) is 3.17. The lowest BCUT2D eigenvalue weighted by Crippen LogP contribution is -2.66. The second-order valence-corrected chi connectivity index (χ2v) is 6.36. The van der Waals surface area contributed by atoms with Crippen LogP contribution in [0.15, 0.2) is 24.4 Å². The second kappa shape index (κ2) is 4.74. The fourth-order valence-corrected chi connectivity index (χ4v) is 3.21. The number of carbonyl (C=O) groups excluding carboxylic acids is 1. The first-order valence-electron chi connectivity index (χ1n) is 7.19. The molecular formula is C15H21N3O2. The van der Waals surface area contributed by atoms with Crippen molar-refractivity contribution < 1.29 is 9.90 Å². The van der Waals surface area contributed by atoms with Crippen molar-refractivity contribution in [2.75, 3.05) is 13.1 Å². The first-order chi connectivity index (χ1) is 9.51. The highest BCUT2D eigenvalue weighted by molar-refractivity contribution is 5.85. The van der Waals surface area contributed by atoms with E-state index in [1.807, 2.05) is 19.1 Å². The van der Waals surface area contributed by atoms with E-state index in [1.165, 1.54) is 0 Å². The molecule has 1 saturated heterocycles. The van der Waals surface area contributed by atoms with Crippen molar-refractivity contribution in [3.8, 4) is 0 Å². The number of β-amino-alcohol motifs (C(OH)–C–C–N with tert-alkyl or cyclic N) is 1. The predicted molar refractivity (Wildman–Crippen MR) is 74.9 cm³/mol. The molecule has 108 valence electrons. The van der Waals surface area contributed by atoms with Crippen LogP contribution >= 0.6 is 0 Å². The van der Waals surface area contributed by atoms with Gasteiger partial charge in [-0.15, -0.1) is 0 Å². The zero-order valence-electron chi connectivity index (χ0n) is 11.8. The largest absolute Gasteiger partial charge is 0.386 e. The molecule has 3 rings (SSSR count).